The Morgan fingerprint density at radius 1 is 1.13 bits per heavy atom. The number of carbonyl (C=O) groups is 1. The average molecular weight is 303 g/mol. The molecule has 1 aliphatic heterocycles. The summed E-state index contributed by atoms with van der Waals surface area (Å²) in [6, 6.07) is 14.2. The van der Waals surface area contributed by atoms with Gasteiger partial charge in [-0.15, -0.1) is 0 Å². The zero-order valence-corrected chi connectivity index (χ0v) is 12.9. The van der Waals surface area contributed by atoms with Crippen molar-refractivity contribution in [3.8, 4) is 11.3 Å². The van der Waals surface area contributed by atoms with E-state index in [4.69, 9.17) is 0 Å². The second-order valence-electron chi connectivity index (χ2n) is 5.72. The van der Waals surface area contributed by atoms with Gasteiger partial charge >= 0.3 is 0 Å². The topological polar surface area (TPSA) is 57.2 Å². The van der Waals surface area contributed by atoms with Crippen LogP contribution >= 0.6 is 0 Å². The van der Waals surface area contributed by atoms with Gasteiger partial charge < -0.3 is 10.3 Å². The van der Waals surface area contributed by atoms with E-state index in [0.717, 1.165) is 39.7 Å². The Morgan fingerprint density at radius 2 is 1.96 bits per heavy atom. The summed E-state index contributed by atoms with van der Waals surface area (Å²) >= 11 is 0. The summed E-state index contributed by atoms with van der Waals surface area (Å²) in [6.45, 7) is 0.661. The minimum atomic E-state index is 0.00871. The van der Waals surface area contributed by atoms with Crippen LogP contribution in [0, 0.1) is 0 Å². The molecule has 23 heavy (non-hydrogen) atoms. The van der Waals surface area contributed by atoms with Crippen molar-refractivity contribution in [1.82, 2.24) is 10.3 Å². The van der Waals surface area contributed by atoms with Gasteiger partial charge in [0.1, 0.15) is 0 Å². The van der Waals surface area contributed by atoms with Gasteiger partial charge in [0.05, 0.1) is 0 Å². The Kier molecular flexibility index (Phi) is 3.23. The number of aromatic nitrogens is 1. The lowest BCUT2D eigenvalue weighted by Crippen LogP contribution is -2.23. The second-order valence-corrected chi connectivity index (χ2v) is 5.72. The normalized spacial score (nSPS) is 14.2. The van der Waals surface area contributed by atoms with E-state index in [0.29, 0.717) is 6.54 Å². The lowest BCUT2D eigenvalue weighted by Gasteiger charge is -2.04. The van der Waals surface area contributed by atoms with Crippen LogP contribution in [0.4, 0.5) is 0 Å². The van der Waals surface area contributed by atoms with Crippen LogP contribution in [-0.2, 0) is 6.42 Å². The number of amides is 1. The van der Waals surface area contributed by atoms with Crippen LogP contribution < -0.4 is 5.32 Å². The summed E-state index contributed by atoms with van der Waals surface area (Å²) in [5.41, 5.74) is 6.30. The number of H-pyrrole nitrogens is 1. The monoisotopic (exact) mass is 303 g/mol. The van der Waals surface area contributed by atoms with Gasteiger partial charge in [0.15, 0.2) is 0 Å². The third-order valence-corrected chi connectivity index (χ3v) is 4.31. The van der Waals surface area contributed by atoms with Gasteiger partial charge in [-0.1, -0.05) is 30.3 Å². The third kappa shape index (κ3) is 2.23. The number of carbonyl (C=O) groups excluding carboxylic acids is 1. The predicted molar refractivity (Wildman–Crippen MR) is 93.3 cm³/mol. The molecule has 2 aromatic carbocycles. The van der Waals surface area contributed by atoms with Crippen molar-refractivity contribution >= 4 is 23.0 Å². The van der Waals surface area contributed by atoms with Gasteiger partial charge in [0, 0.05) is 42.0 Å². The van der Waals surface area contributed by atoms with Crippen LogP contribution in [0.1, 0.15) is 21.5 Å². The predicted octanol–water partition coefficient (Wildman–Crippen LogP) is 3.17. The Morgan fingerprint density at radius 3 is 2.74 bits per heavy atom. The third-order valence-electron chi connectivity index (χ3n) is 4.31. The quantitative estimate of drug-likeness (QED) is 0.702. The van der Waals surface area contributed by atoms with E-state index in [1.54, 1.807) is 7.05 Å². The molecule has 0 spiro atoms. The van der Waals surface area contributed by atoms with Crippen LogP contribution in [0.3, 0.4) is 0 Å². The molecule has 3 aromatic rings. The first-order valence-electron chi connectivity index (χ1n) is 7.72. The van der Waals surface area contributed by atoms with E-state index < -0.39 is 0 Å². The number of hydrogen-bond donors (Lipinski definition) is 2. The Balaban J connectivity index is 1.92. The molecule has 0 aliphatic carbocycles. The van der Waals surface area contributed by atoms with Crippen LogP contribution in [0.15, 0.2) is 47.5 Å². The maximum atomic E-state index is 12.2. The fourth-order valence-electron chi connectivity index (χ4n) is 3.28. The molecule has 0 saturated heterocycles. The summed E-state index contributed by atoms with van der Waals surface area (Å²) in [6.07, 6.45) is 2.67. The first kappa shape index (κ1) is 13.8. The van der Waals surface area contributed by atoms with Crippen molar-refractivity contribution in [1.29, 1.82) is 0 Å². The van der Waals surface area contributed by atoms with Crippen molar-refractivity contribution in [2.45, 2.75) is 6.42 Å². The zero-order chi connectivity index (χ0) is 15.8. The summed E-state index contributed by atoms with van der Waals surface area (Å²) < 4.78 is 0. The van der Waals surface area contributed by atoms with Crippen molar-refractivity contribution in [2.24, 2.45) is 4.99 Å². The highest BCUT2D eigenvalue weighted by molar-refractivity contribution is 6.10. The molecule has 1 aromatic heterocycles. The molecule has 0 radical (unpaired) electrons. The van der Waals surface area contributed by atoms with E-state index in [1.165, 1.54) is 5.56 Å². The molecule has 2 heterocycles. The number of rotatable bonds is 2. The van der Waals surface area contributed by atoms with Crippen LogP contribution in [-0.4, -0.2) is 30.7 Å². The Hall–Kier alpha value is -2.88. The number of nitrogens with zero attached hydrogens (tertiary/aromatic N) is 1. The highest BCUT2D eigenvalue weighted by Crippen LogP contribution is 2.34. The van der Waals surface area contributed by atoms with Gasteiger partial charge in [0.25, 0.3) is 5.91 Å². The fraction of sp³-hybridized carbons (Fsp3) is 0.158. The highest BCUT2D eigenvalue weighted by Gasteiger charge is 2.21. The standard InChI is InChI=1S/C19H17N3O/c1-20-11-12-5-7-13(8-6-12)18-14-9-10-21-19(23)15-3-2-4-16(22-18)17(14)15/h2-8,11,22H,9-10H2,1H3,(H,21,23)/b20-11+. The highest BCUT2D eigenvalue weighted by atomic mass is 16.1. The van der Waals surface area contributed by atoms with Crippen LogP contribution in [0.25, 0.3) is 22.2 Å². The molecule has 4 nitrogen and oxygen atoms in total. The summed E-state index contributed by atoms with van der Waals surface area (Å²) in [5.74, 6) is 0.00871. The van der Waals surface area contributed by atoms with E-state index >= 15 is 0 Å². The molecular weight excluding hydrogens is 286 g/mol. The molecule has 0 unspecified atom stereocenters. The number of aliphatic imine (C=N–C) groups is 1. The molecule has 4 heteroatoms. The van der Waals surface area contributed by atoms with Crippen LogP contribution in [0.2, 0.25) is 0 Å². The van der Waals surface area contributed by atoms with Gasteiger partial charge in [0.2, 0.25) is 0 Å². The Bertz CT molecular complexity index is 920. The van der Waals surface area contributed by atoms with Crippen molar-refractivity contribution in [2.75, 3.05) is 13.6 Å². The molecule has 0 saturated carbocycles. The second kappa shape index (κ2) is 5.39. The zero-order valence-electron chi connectivity index (χ0n) is 12.9. The van der Waals surface area contributed by atoms with Gasteiger partial charge in [-0.3, -0.25) is 9.79 Å². The van der Waals surface area contributed by atoms with Crippen molar-refractivity contribution < 1.29 is 4.79 Å². The number of hydrogen-bond acceptors (Lipinski definition) is 2. The minimum Gasteiger partial charge on any atom is -0.354 e. The molecule has 0 bridgehead atoms. The first-order chi connectivity index (χ1) is 11.3. The van der Waals surface area contributed by atoms with Gasteiger partial charge in [-0.05, 0) is 35.2 Å². The summed E-state index contributed by atoms with van der Waals surface area (Å²) in [5, 5.41) is 4.02. The van der Waals surface area contributed by atoms with Gasteiger partial charge in [-0.25, -0.2) is 0 Å². The van der Waals surface area contributed by atoms with Crippen LogP contribution in [0.5, 0.6) is 0 Å². The first-order valence-corrected chi connectivity index (χ1v) is 7.72. The SMILES string of the molecule is C/N=C/c1ccc(-c2[nH]c3cccc4c3c2CCNC4=O)cc1. The van der Waals surface area contributed by atoms with E-state index in [2.05, 4.69) is 39.6 Å². The molecule has 2 N–H and O–H groups in total. The molecule has 0 atom stereocenters. The minimum absolute atomic E-state index is 0.00871. The van der Waals surface area contributed by atoms with E-state index in [-0.39, 0.29) is 5.91 Å². The van der Waals surface area contributed by atoms with E-state index in [9.17, 15) is 4.79 Å². The van der Waals surface area contributed by atoms with Crippen molar-refractivity contribution in [3.05, 3.63) is 59.2 Å². The maximum absolute atomic E-state index is 12.2. The molecule has 4 rings (SSSR count). The van der Waals surface area contributed by atoms with Gasteiger partial charge in [-0.2, -0.15) is 0 Å². The van der Waals surface area contributed by atoms with Crippen molar-refractivity contribution in [3.63, 3.8) is 0 Å². The molecular formula is C19H17N3O. The average Bonchev–Trinajstić information content (AvgIpc) is 2.85. The largest absolute Gasteiger partial charge is 0.354 e. The smallest absolute Gasteiger partial charge is 0.251 e. The number of aromatic amines is 1. The summed E-state index contributed by atoms with van der Waals surface area (Å²) in [4.78, 5) is 19.8. The van der Waals surface area contributed by atoms with E-state index in [1.807, 2.05) is 24.4 Å². The molecule has 1 aliphatic rings. The molecule has 1 amide bonds. The Labute approximate surface area is 134 Å². The lowest BCUT2D eigenvalue weighted by atomic mass is 10.00. The maximum Gasteiger partial charge on any atom is 0.251 e. The molecule has 0 fully saturated rings. The summed E-state index contributed by atoms with van der Waals surface area (Å²) in [7, 11) is 1.77. The lowest BCUT2D eigenvalue weighted by molar-refractivity contribution is 0.0957. The number of nitrogens with one attached hydrogen (secondary N) is 2. The number of benzene rings is 2. The molecule has 114 valence electrons. The fourth-order valence-corrected chi connectivity index (χ4v) is 3.28.